The van der Waals surface area contributed by atoms with Gasteiger partial charge in [0.1, 0.15) is 6.61 Å². The molecule has 3 nitrogen and oxygen atoms in total. The Hall–Kier alpha value is -2.00. The summed E-state index contributed by atoms with van der Waals surface area (Å²) in [5, 5.41) is 3.70. The van der Waals surface area contributed by atoms with Crippen molar-refractivity contribution in [2.75, 3.05) is 7.11 Å². The Kier molecular flexibility index (Phi) is 6.35. The van der Waals surface area contributed by atoms with Gasteiger partial charge in [-0.2, -0.15) is 0 Å². The van der Waals surface area contributed by atoms with E-state index in [0.717, 1.165) is 23.6 Å². The van der Waals surface area contributed by atoms with E-state index in [1.54, 1.807) is 7.11 Å². The second kappa shape index (κ2) is 8.91. The van der Waals surface area contributed by atoms with E-state index < -0.39 is 0 Å². The molecule has 1 aliphatic rings. The molecule has 0 bridgehead atoms. The maximum Gasteiger partial charge on any atom is 0.166 e. The van der Waals surface area contributed by atoms with E-state index in [-0.39, 0.29) is 0 Å². The minimum atomic E-state index is 0.553. The number of para-hydroxylation sites is 1. The Balaban J connectivity index is 1.68. The van der Waals surface area contributed by atoms with Crippen molar-refractivity contribution >= 4 is 0 Å². The summed E-state index contributed by atoms with van der Waals surface area (Å²) in [7, 11) is 1.70. The topological polar surface area (TPSA) is 30.5 Å². The van der Waals surface area contributed by atoms with Crippen LogP contribution in [0.25, 0.3) is 0 Å². The van der Waals surface area contributed by atoms with E-state index >= 15 is 0 Å². The molecule has 0 amide bonds. The minimum absolute atomic E-state index is 0.553. The van der Waals surface area contributed by atoms with E-state index in [9.17, 15) is 0 Å². The average Bonchev–Trinajstić information content (AvgIpc) is 2.67. The fraction of sp³-hybridized carbons (Fsp3) is 0.455. The molecule has 1 fully saturated rings. The first-order valence-electron chi connectivity index (χ1n) is 9.34. The Morgan fingerprint density at radius 2 is 1.76 bits per heavy atom. The number of hydrogen-bond acceptors (Lipinski definition) is 3. The zero-order chi connectivity index (χ0) is 17.5. The van der Waals surface area contributed by atoms with E-state index in [0.29, 0.717) is 12.6 Å². The lowest BCUT2D eigenvalue weighted by Gasteiger charge is -2.24. The molecule has 2 aromatic carbocycles. The molecule has 1 N–H and O–H groups in total. The molecule has 3 heteroatoms. The molecule has 0 spiro atoms. The highest BCUT2D eigenvalue weighted by Gasteiger charge is 2.15. The molecule has 134 valence electrons. The van der Waals surface area contributed by atoms with Crippen LogP contribution in [-0.2, 0) is 13.2 Å². The van der Waals surface area contributed by atoms with Gasteiger partial charge in [0.2, 0.25) is 0 Å². The Labute approximate surface area is 151 Å². The standard InChI is InChI=1S/C22H29NO2/c1-17-11-13-18(14-12-17)16-25-22-19(7-6-10-21(22)24-2)15-23-20-8-4-3-5-9-20/h6-7,10-14,20,23H,3-5,8-9,15-16H2,1-2H3. The molecule has 0 heterocycles. The number of hydrogen-bond donors (Lipinski definition) is 1. The highest BCUT2D eigenvalue weighted by atomic mass is 16.5. The summed E-state index contributed by atoms with van der Waals surface area (Å²) in [6.07, 6.45) is 6.62. The number of methoxy groups -OCH3 is 1. The Morgan fingerprint density at radius 3 is 2.48 bits per heavy atom. The van der Waals surface area contributed by atoms with Crippen LogP contribution in [-0.4, -0.2) is 13.2 Å². The molecule has 2 aromatic rings. The van der Waals surface area contributed by atoms with Gasteiger partial charge in [-0.05, 0) is 31.4 Å². The smallest absolute Gasteiger partial charge is 0.166 e. The van der Waals surface area contributed by atoms with Crippen molar-refractivity contribution in [1.82, 2.24) is 5.32 Å². The van der Waals surface area contributed by atoms with Gasteiger partial charge in [0.25, 0.3) is 0 Å². The molecule has 0 aromatic heterocycles. The lowest BCUT2D eigenvalue weighted by molar-refractivity contribution is 0.279. The number of ether oxygens (including phenoxy) is 2. The van der Waals surface area contributed by atoms with Crippen molar-refractivity contribution in [3.05, 3.63) is 59.2 Å². The SMILES string of the molecule is COc1cccc(CNC2CCCCC2)c1OCc1ccc(C)cc1. The van der Waals surface area contributed by atoms with Crippen LogP contribution in [0.1, 0.15) is 48.8 Å². The van der Waals surface area contributed by atoms with Crippen molar-refractivity contribution in [1.29, 1.82) is 0 Å². The first-order chi connectivity index (χ1) is 12.3. The number of rotatable bonds is 7. The summed E-state index contributed by atoms with van der Waals surface area (Å²) < 4.78 is 11.7. The molecule has 1 saturated carbocycles. The van der Waals surface area contributed by atoms with Crippen molar-refractivity contribution in [2.24, 2.45) is 0 Å². The summed E-state index contributed by atoms with van der Waals surface area (Å²) in [6, 6.07) is 15.2. The molecule has 0 unspecified atom stereocenters. The van der Waals surface area contributed by atoms with Crippen molar-refractivity contribution in [2.45, 2.75) is 58.2 Å². The summed E-state index contributed by atoms with van der Waals surface area (Å²) in [6.45, 7) is 3.47. The number of aryl methyl sites for hydroxylation is 1. The van der Waals surface area contributed by atoms with Crippen LogP contribution in [0, 0.1) is 6.92 Å². The molecule has 0 aliphatic heterocycles. The van der Waals surface area contributed by atoms with Gasteiger partial charge >= 0.3 is 0 Å². The van der Waals surface area contributed by atoms with Gasteiger partial charge in [-0.15, -0.1) is 0 Å². The van der Waals surface area contributed by atoms with Crippen LogP contribution in [0.4, 0.5) is 0 Å². The molecular formula is C22H29NO2. The van der Waals surface area contributed by atoms with Crippen LogP contribution >= 0.6 is 0 Å². The molecule has 25 heavy (non-hydrogen) atoms. The minimum Gasteiger partial charge on any atom is -0.493 e. The fourth-order valence-electron chi connectivity index (χ4n) is 3.43. The first kappa shape index (κ1) is 17.8. The summed E-state index contributed by atoms with van der Waals surface area (Å²) >= 11 is 0. The van der Waals surface area contributed by atoms with E-state index in [4.69, 9.17) is 9.47 Å². The lowest BCUT2D eigenvalue weighted by atomic mass is 9.95. The highest BCUT2D eigenvalue weighted by molar-refractivity contribution is 5.46. The number of benzene rings is 2. The first-order valence-corrected chi connectivity index (χ1v) is 9.34. The maximum atomic E-state index is 6.16. The van der Waals surface area contributed by atoms with E-state index in [2.05, 4.69) is 42.6 Å². The van der Waals surface area contributed by atoms with Gasteiger partial charge in [0, 0.05) is 18.2 Å². The Bertz CT molecular complexity index is 660. The van der Waals surface area contributed by atoms with E-state index in [1.807, 2.05) is 12.1 Å². The predicted octanol–water partition coefficient (Wildman–Crippen LogP) is 5.00. The third kappa shape index (κ3) is 4.99. The van der Waals surface area contributed by atoms with Crippen LogP contribution in [0.5, 0.6) is 11.5 Å². The lowest BCUT2D eigenvalue weighted by Crippen LogP contribution is -2.30. The van der Waals surface area contributed by atoms with Crippen LogP contribution < -0.4 is 14.8 Å². The normalized spacial score (nSPS) is 15.1. The summed E-state index contributed by atoms with van der Waals surface area (Å²) in [4.78, 5) is 0. The fourth-order valence-corrected chi connectivity index (χ4v) is 3.43. The maximum absolute atomic E-state index is 6.16. The molecular weight excluding hydrogens is 310 g/mol. The predicted molar refractivity (Wildman–Crippen MR) is 102 cm³/mol. The zero-order valence-electron chi connectivity index (χ0n) is 15.4. The largest absolute Gasteiger partial charge is 0.493 e. The second-order valence-corrected chi connectivity index (χ2v) is 6.94. The van der Waals surface area contributed by atoms with Crippen LogP contribution in [0.3, 0.4) is 0 Å². The molecule has 3 rings (SSSR count). The van der Waals surface area contributed by atoms with Gasteiger partial charge in [-0.25, -0.2) is 0 Å². The number of nitrogens with one attached hydrogen (secondary N) is 1. The summed E-state index contributed by atoms with van der Waals surface area (Å²) in [5.74, 6) is 1.66. The molecule has 1 aliphatic carbocycles. The highest BCUT2D eigenvalue weighted by Crippen LogP contribution is 2.32. The third-order valence-electron chi connectivity index (χ3n) is 4.97. The van der Waals surface area contributed by atoms with Crippen molar-refractivity contribution in [3.8, 4) is 11.5 Å². The van der Waals surface area contributed by atoms with Crippen LogP contribution in [0.2, 0.25) is 0 Å². The van der Waals surface area contributed by atoms with Gasteiger partial charge in [0.15, 0.2) is 11.5 Å². The summed E-state index contributed by atoms with van der Waals surface area (Å²) in [5.41, 5.74) is 3.60. The monoisotopic (exact) mass is 339 g/mol. The van der Waals surface area contributed by atoms with E-state index in [1.165, 1.54) is 43.2 Å². The van der Waals surface area contributed by atoms with Crippen LogP contribution in [0.15, 0.2) is 42.5 Å². The Morgan fingerprint density at radius 1 is 1.00 bits per heavy atom. The molecule has 0 radical (unpaired) electrons. The van der Waals surface area contributed by atoms with Crippen molar-refractivity contribution < 1.29 is 9.47 Å². The average molecular weight is 339 g/mol. The molecule has 0 saturated heterocycles. The van der Waals surface area contributed by atoms with Gasteiger partial charge < -0.3 is 14.8 Å². The zero-order valence-corrected chi connectivity index (χ0v) is 15.4. The third-order valence-corrected chi connectivity index (χ3v) is 4.97. The van der Waals surface area contributed by atoms with Gasteiger partial charge in [-0.3, -0.25) is 0 Å². The quantitative estimate of drug-likeness (QED) is 0.769. The molecule has 0 atom stereocenters. The van der Waals surface area contributed by atoms with Gasteiger partial charge in [-0.1, -0.05) is 61.2 Å². The van der Waals surface area contributed by atoms with Gasteiger partial charge in [0.05, 0.1) is 7.11 Å². The van der Waals surface area contributed by atoms with Crippen molar-refractivity contribution in [3.63, 3.8) is 0 Å². The second-order valence-electron chi connectivity index (χ2n) is 6.94.